The summed E-state index contributed by atoms with van der Waals surface area (Å²) in [5.41, 5.74) is 1.08. The Morgan fingerprint density at radius 1 is 1.33 bits per heavy atom. The molecule has 0 bridgehead atoms. The van der Waals surface area contributed by atoms with Crippen LogP contribution in [0, 0.1) is 18.8 Å². The van der Waals surface area contributed by atoms with Gasteiger partial charge in [-0.3, -0.25) is 0 Å². The average Bonchev–Trinajstić information content (AvgIpc) is 3.10. The highest BCUT2D eigenvalue weighted by molar-refractivity contribution is 7.91. The molecule has 1 aliphatic carbocycles. The predicted molar refractivity (Wildman–Crippen MR) is 86.0 cm³/mol. The SMILES string of the molecule is CCNCc1sc(S(=O)(=O)N2CC3CCCC3C2)cc1C. The van der Waals surface area contributed by atoms with Crippen molar-refractivity contribution in [1.29, 1.82) is 0 Å². The van der Waals surface area contributed by atoms with E-state index in [2.05, 4.69) is 12.2 Å². The van der Waals surface area contributed by atoms with Gasteiger partial charge in [0.25, 0.3) is 10.0 Å². The summed E-state index contributed by atoms with van der Waals surface area (Å²) in [6.07, 6.45) is 3.67. The minimum absolute atomic E-state index is 0.521. The number of hydrogen-bond donors (Lipinski definition) is 1. The molecule has 2 atom stereocenters. The van der Waals surface area contributed by atoms with Crippen molar-refractivity contribution in [3.05, 3.63) is 16.5 Å². The molecule has 3 rings (SSSR count). The highest BCUT2D eigenvalue weighted by Crippen LogP contribution is 2.40. The molecule has 1 saturated carbocycles. The summed E-state index contributed by atoms with van der Waals surface area (Å²) >= 11 is 1.43. The second-order valence-electron chi connectivity index (χ2n) is 6.23. The molecule has 118 valence electrons. The average molecular weight is 329 g/mol. The molecule has 2 fully saturated rings. The van der Waals surface area contributed by atoms with Gasteiger partial charge in [-0.25, -0.2) is 8.42 Å². The summed E-state index contributed by atoms with van der Waals surface area (Å²) < 4.78 is 27.9. The van der Waals surface area contributed by atoms with Crippen molar-refractivity contribution in [2.45, 2.75) is 43.9 Å². The van der Waals surface area contributed by atoms with E-state index in [-0.39, 0.29) is 0 Å². The van der Waals surface area contributed by atoms with Crippen molar-refractivity contribution in [3.8, 4) is 0 Å². The maximum atomic E-state index is 12.8. The topological polar surface area (TPSA) is 49.4 Å². The van der Waals surface area contributed by atoms with Crippen LogP contribution >= 0.6 is 11.3 Å². The highest BCUT2D eigenvalue weighted by Gasteiger charge is 2.41. The molecule has 0 radical (unpaired) electrons. The number of sulfonamides is 1. The molecule has 21 heavy (non-hydrogen) atoms. The Morgan fingerprint density at radius 3 is 2.62 bits per heavy atom. The maximum absolute atomic E-state index is 12.8. The van der Waals surface area contributed by atoms with Gasteiger partial charge in [0.05, 0.1) is 0 Å². The Morgan fingerprint density at radius 2 is 2.00 bits per heavy atom. The molecule has 1 saturated heterocycles. The Bertz CT molecular complexity index is 597. The highest BCUT2D eigenvalue weighted by atomic mass is 32.2. The number of aryl methyl sites for hydroxylation is 1. The van der Waals surface area contributed by atoms with Gasteiger partial charge in [0.15, 0.2) is 0 Å². The fraction of sp³-hybridized carbons (Fsp3) is 0.733. The molecule has 2 unspecified atom stereocenters. The number of nitrogens with zero attached hydrogens (tertiary/aromatic N) is 1. The van der Waals surface area contributed by atoms with Crippen LogP contribution in [0.5, 0.6) is 0 Å². The lowest BCUT2D eigenvalue weighted by Gasteiger charge is -2.15. The fourth-order valence-corrected chi connectivity index (χ4v) is 6.81. The van der Waals surface area contributed by atoms with Gasteiger partial charge in [-0.1, -0.05) is 13.3 Å². The Balaban J connectivity index is 1.79. The van der Waals surface area contributed by atoms with Crippen LogP contribution in [-0.4, -0.2) is 32.4 Å². The number of nitrogens with one attached hydrogen (secondary N) is 1. The first-order valence-corrected chi connectivity index (χ1v) is 10.1. The van der Waals surface area contributed by atoms with Gasteiger partial charge in [-0.2, -0.15) is 4.31 Å². The van der Waals surface area contributed by atoms with E-state index < -0.39 is 10.0 Å². The van der Waals surface area contributed by atoms with Gasteiger partial charge in [0.2, 0.25) is 0 Å². The number of hydrogen-bond acceptors (Lipinski definition) is 4. The summed E-state index contributed by atoms with van der Waals surface area (Å²) in [4.78, 5) is 1.13. The van der Waals surface area contributed by atoms with E-state index in [4.69, 9.17) is 0 Å². The van der Waals surface area contributed by atoms with Crippen LogP contribution in [0.4, 0.5) is 0 Å². The van der Waals surface area contributed by atoms with E-state index >= 15 is 0 Å². The van der Waals surface area contributed by atoms with Crippen LogP contribution in [0.2, 0.25) is 0 Å². The van der Waals surface area contributed by atoms with E-state index in [9.17, 15) is 8.42 Å². The lowest BCUT2D eigenvalue weighted by molar-refractivity contribution is 0.447. The van der Waals surface area contributed by atoms with Gasteiger partial charge in [0, 0.05) is 24.5 Å². The molecular weight excluding hydrogens is 304 g/mol. The predicted octanol–water partition coefficient (Wildman–Crippen LogP) is 2.59. The van der Waals surface area contributed by atoms with Crippen molar-refractivity contribution in [1.82, 2.24) is 9.62 Å². The standard InChI is InChI=1S/C15H24N2O2S2/c1-3-16-8-14-11(2)7-15(20-14)21(18,19)17-9-12-5-4-6-13(12)10-17/h7,12-13,16H,3-6,8-10H2,1-2H3. The Labute approximate surface area is 131 Å². The minimum atomic E-state index is -3.28. The maximum Gasteiger partial charge on any atom is 0.252 e. The van der Waals surface area contributed by atoms with Crippen molar-refractivity contribution >= 4 is 21.4 Å². The lowest BCUT2D eigenvalue weighted by Crippen LogP contribution is -2.29. The normalized spacial score (nSPS) is 26.4. The Hall–Kier alpha value is -0.430. The van der Waals surface area contributed by atoms with Crippen molar-refractivity contribution < 1.29 is 8.42 Å². The quantitative estimate of drug-likeness (QED) is 0.904. The third-order valence-electron chi connectivity index (χ3n) is 4.82. The first kappa shape index (κ1) is 15.5. The summed E-state index contributed by atoms with van der Waals surface area (Å²) in [5.74, 6) is 1.20. The molecule has 0 amide bonds. The minimum Gasteiger partial charge on any atom is -0.312 e. The van der Waals surface area contributed by atoms with Crippen molar-refractivity contribution in [2.75, 3.05) is 19.6 Å². The Kier molecular flexibility index (Phi) is 4.41. The molecular formula is C15H24N2O2S2. The molecule has 0 spiro atoms. The summed E-state index contributed by atoms with van der Waals surface area (Å²) in [7, 11) is -3.28. The largest absolute Gasteiger partial charge is 0.312 e. The zero-order valence-electron chi connectivity index (χ0n) is 12.8. The molecule has 2 aliphatic rings. The molecule has 1 N–H and O–H groups in total. The molecule has 4 nitrogen and oxygen atoms in total. The van der Waals surface area contributed by atoms with Gasteiger partial charge < -0.3 is 5.32 Å². The fourth-order valence-electron chi connectivity index (χ4n) is 3.55. The summed E-state index contributed by atoms with van der Waals surface area (Å²) in [5, 5.41) is 3.27. The number of fused-ring (bicyclic) bond motifs is 1. The van der Waals surface area contributed by atoms with Gasteiger partial charge >= 0.3 is 0 Å². The molecule has 6 heteroatoms. The lowest BCUT2D eigenvalue weighted by atomic mass is 10.0. The second kappa shape index (κ2) is 5.99. The zero-order chi connectivity index (χ0) is 15.0. The van der Waals surface area contributed by atoms with E-state index in [1.165, 1.54) is 30.6 Å². The monoisotopic (exact) mass is 328 g/mol. The van der Waals surface area contributed by atoms with Crippen LogP contribution in [-0.2, 0) is 16.6 Å². The molecule has 1 aromatic heterocycles. The molecule has 2 heterocycles. The molecule has 0 aromatic carbocycles. The third kappa shape index (κ3) is 2.91. The summed E-state index contributed by atoms with van der Waals surface area (Å²) in [6, 6.07) is 1.85. The van der Waals surface area contributed by atoms with E-state index in [0.29, 0.717) is 16.0 Å². The first-order chi connectivity index (χ1) is 10.0. The van der Waals surface area contributed by atoms with Crippen LogP contribution in [0.15, 0.2) is 10.3 Å². The summed E-state index contributed by atoms with van der Waals surface area (Å²) in [6.45, 7) is 7.17. The third-order valence-corrected chi connectivity index (χ3v) is 8.34. The van der Waals surface area contributed by atoms with Crippen LogP contribution in [0.3, 0.4) is 0 Å². The van der Waals surface area contributed by atoms with Crippen LogP contribution in [0.1, 0.15) is 36.6 Å². The smallest absolute Gasteiger partial charge is 0.252 e. The van der Waals surface area contributed by atoms with Gasteiger partial charge in [0.1, 0.15) is 4.21 Å². The van der Waals surface area contributed by atoms with Gasteiger partial charge in [-0.15, -0.1) is 11.3 Å². The van der Waals surface area contributed by atoms with E-state index in [1.807, 2.05) is 13.0 Å². The van der Waals surface area contributed by atoms with E-state index in [0.717, 1.165) is 36.6 Å². The molecule has 1 aromatic rings. The van der Waals surface area contributed by atoms with Crippen molar-refractivity contribution in [2.24, 2.45) is 11.8 Å². The number of rotatable bonds is 5. The second-order valence-corrected chi connectivity index (χ2v) is 9.53. The van der Waals surface area contributed by atoms with Crippen LogP contribution < -0.4 is 5.32 Å². The zero-order valence-corrected chi connectivity index (χ0v) is 14.4. The van der Waals surface area contributed by atoms with E-state index in [1.54, 1.807) is 4.31 Å². The number of thiophene rings is 1. The molecule has 1 aliphatic heterocycles. The van der Waals surface area contributed by atoms with Crippen LogP contribution in [0.25, 0.3) is 0 Å². The first-order valence-electron chi connectivity index (χ1n) is 7.82. The van der Waals surface area contributed by atoms with Crippen molar-refractivity contribution in [3.63, 3.8) is 0 Å². The van der Waals surface area contributed by atoms with Gasteiger partial charge in [-0.05, 0) is 49.8 Å².